The summed E-state index contributed by atoms with van der Waals surface area (Å²) in [6, 6.07) is 7.30. The van der Waals surface area contributed by atoms with Crippen LogP contribution in [0.4, 0.5) is 15.9 Å². The second-order valence-electron chi connectivity index (χ2n) is 7.25. The van der Waals surface area contributed by atoms with Gasteiger partial charge in [0.2, 0.25) is 0 Å². The van der Waals surface area contributed by atoms with Gasteiger partial charge in [0.05, 0.1) is 31.8 Å². The van der Waals surface area contributed by atoms with Crippen molar-refractivity contribution in [2.45, 2.75) is 25.4 Å². The van der Waals surface area contributed by atoms with E-state index in [1.807, 2.05) is 4.90 Å². The van der Waals surface area contributed by atoms with Crippen molar-refractivity contribution in [1.82, 2.24) is 15.3 Å². The van der Waals surface area contributed by atoms with Gasteiger partial charge in [0.15, 0.2) is 11.6 Å². The highest BCUT2D eigenvalue weighted by molar-refractivity contribution is 5.57. The molecule has 1 atom stereocenters. The Kier molecular flexibility index (Phi) is 5.36. The molecule has 1 aromatic heterocycles. The second kappa shape index (κ2) is 8.09. The molecule has 29 heavy (non-hydrogen) atoms. The minimum absolute atomic E-state index is 0.0523. The molecule has 9 heteroatoms. The number of nitriles is 1. The zero-order valence-corrected chi connectivity index (χ0v) is 16.2. The van der Waals surface area contributed by atoms with Gasteiger partial charge in [-0.15, -0.1) is 0 Å². The van der Waals surface area contributed by atoms with Crippen molar-refractivity contribution in [3.05, 3.63) is 45.8 Å². The molecule has 2 aliphatic rings. The Balaban J connectivity index is 1.64. The average Bonchev–Trinajstić information content (AvgIpc) is 2.73. The molecule has 0 amide bonds. The predicted molar refractivity (Wildman–Crippen MR) is 107 cm³/mol. The van der Waals surface area contributed by atoms with Gasteiger partial charge in [0.25, 0.3) is 0 Å². The molecule has 0 spiro atoms. The van der Waals surface area contributed by atoms with Crippen molar-refractivity contribution < 1.29 is 9.13 Å². The van der Waals surface area contributed by atoms with E-state index in [-0.39, 0.29) is 11.8 Å². The first-order chi connectivity index (χ1) is 14.1. The maximum atomic E-state index is 14.7. The number of anilines is 2. The molecule has 1 unspecified atom stereocenters. The number of nitrogens with one attached hydrogen (secondary N) is 2. The van der Waals surface area contributed by atoms with Gasteiger partial charge >= 0.3 is 5.69 Å². The lowest BCUT2D eigenvalue weighted by Gasteiger charge is -2.37. The van der Waals surface area contributed by atoms with Gasteiger partial charge < -0.3 is 24.8 Å². The Morgan fingerprint density at radius 3 is 3.03 bits per heavy atom. The number of fused-ring (bicyclic) bond motifs is 1. The SMILES string of the molecule is COc1cccc(N2CCc3c(N4CCNC(CC#N)C4)nc(=O)[nH]c3C2)c1F. The Labute approximate surface area is 167 Å². The Bertz CT molecular complexity index is 1000. The summed E-state index contributed by atoms with van der Waals surface area (Å²) in [4.78, 5) is 23.3. The Hall–Kier alpha value is -3.12. The molecule has 152 valence electrons. The zero-order chi connectivity index (χ0) is 20.4. The summed E-state index contributed by atoms with van der Waals surface area (Å²) >= 11 is 0. The van der Waals surface area contributed by atoms with Crippen LogP contribution in [-0.2, 0) is 13.0 Å². The summed E-state index contributed by atoms with van der Waals surface area (Å²) in [6.07, 6.45) is 1.04. The minimum Gasteiger partial charge on any atom is -0.494 e. The molecule has 2 aliphatic heterocycles. The number of aromatic nitrogens is 2. The first-order valence-corrected chi connectivity index (χ1v) is 9.65. The summed E-state index contributed by atoms with van der Waals surface area (Å²) in [5.74, 6) is 0.469. The van der Waals surface area contributed by atoms with Gasteiger partial charge in [0, 0.05) is 43.5 Å². The number of rotatable bonds is 4. The van der Waals surface area contributed by atoms with Crippen molar-refractivity contribution in [3.8, 4) is 11.8 Å². The highest BCUT2D eigenvalue weighted by atomic mass is 19.1. The van der Waals surface area contributed by atoms with E-state index in [2.05, 4.69) is 26.3 Å². The van der Waals surface area contributed by atoms with Gasteiger partial charge in [-0.3, -0.25) is 0 Å². The molecule has 8 nitrogen and oxygen atoms in total. The van der Waals surface area contributed by atoms with E-state index in [1.54, 1.807) is 18.2 Å². The second-order valence-corrected chi connectivity index (χ2v) is 7.25. The quantitative estimate of drug-likeness (QED) is 0.798. The standard InChI is InChI=1S/C20H23FN6O2/c1-29-17-4-2-3-16(18(17)21)26-9-6-14-15(12-26)24-20(28)25-19(14)27-10-8-23-13(11-27)5-7-22/h2-4,13,23H,5-6,8-12H2,1H3,(H,24,25,28). The van der Waals surface area contributed by atoms with Crippen LogP contribution in [0.2, 0.25) is 0 Å². The smallest absolute Gasteiger partial charge is 0.347 e. The summed E-state index contributed by atoms with van der Waals surface area (Å²) in [5, 5.41) is 12.3. The van der Waals surface area contributed by atoms with Crippen molar-refractivity contribution in [2.75, 3.05) is 43.1 Å². The minimum atomic E-state index is -0.415. The van der Waals surface area contributed by atoms with E-state index >= 15 is 0 Å². The molecule has 2 aromatic rings. The fourth-order valence-corrected chi connectivity index (χ4v) is 4.08. The van der Waals surface area contributed by atoms with Crippen LogP contribution in [0, 0.1) is 17.1 Å². The lowest BCUT2D eigenvalue weighted by atomic mass is 10.0. The van der Waals surface area contributed by atoms with Crippen molar-refractivity contribution in [1.29, 1.82) is 5.26 Å². The monoisotopic (exact) mass is 398 g/mol. The van der Waals surface area contributed by atoms with E-state index in [0.717, 1.165) is 24.3 Å². The summed E-state index contributed by atoms with van der Waals surface area (Å²) in [7, 11) is 1.44. The van der Waals surface area contributed by atoms with Crippen LogP contribution in [0.15, 0.2) is 23.0 Å². The first kappa shape index (κ1) is 19.2. The number of nitrogens with zero attached hydrogens (tertiary/aromatic N) is 4. The fraction of sp³-hybridized carbons (Fsp3) is 0.450. The van der Waals surface area contributed by atoms with Crippen LogP contribution in [0.25, 0.3) is 0 Å². The van der Waals surface area contributed by atoms with Gasteiger partial charge in [-0.05, 0) is 18.6 Å². The van der Waals surface area contributed by atoms with E-state index in [4.69, 9.17) is 10.00 Å². The molecule has 1 saturated heterocycles. The number of aromatic amines is 1. The fourth-order valence-electron chi connectivity index (χ4n) is 4.08. The van der Waals surface area contributed by atoms with Gasteiger partial charge in [-0.2, -0.15) is 10.2 Å². The maximum Gasteiger partial charge on any atom is 0.347 e. The maximum absolute atomic E-state index is 14.7. The lowest BCUT2D eigenvalue weighted by molar-refractivity contribution is 0.386. The molecule has 0 radical (unpaired) electrons. The number of hydrogen-bond donors (Lipinski definition) is 2. The van der Waals surface area contributed by atoms with Crippen LogP contribution >= 0.6 is 0 Å². The van der Waals surface area contributed by atoms with Crippen molar-refractivity contribution in [3.63, 3.8) is 0 Å². The number of hydrogen-bond acceptors (Lipinski definition) is 7. The van der Waals surface area contributed by atoms with E-state index < -0.39 is 11.5 Å². The molecule has 1 aromatic carbocycles. The Morgan fingerprint density at radius 1 is 1.38 bits per heavy atom. The zero-order valence-electron chi connectivity index (χ0n) is 16.2. The van der Waals surface area contributed by atoms with E-state index in [9.17, 15) is 9.18 Å². The summed E-state index contributed by atoms with van der Waals surface area (Å²) in [5.41, 5.74) is 1.78. The highest BCUT2D eigenvalue weighted by Crippen LogP contribution is 2.32. The molecular formula is C20H23FN6O2. The van der Waals surface area contributed by atoms with Crippen LogP contribution in [0.5, 0.6) is 5.75 Å². The third-order valence-electron chi connectivity index (χ3n) is 5.48. The molecule has 1 fully saturated rings. The van der Waals surface area contributed by atoms with Crippen LogP contribution < -0.4 is 25.5 Å². The molecule has 4 rings (SSSR count). The van der Waals surface area contributed by atoms with Crippen LogP contribution in [0.3, 0.4) is 0 Å². The van der Waals surface area contributed by atoms with Crippen LogP contribution in [0.1, 0.15) is 17.7 Å². The normalized spacial score (nSPS) is 18.9. The van der Waals surface area contributed by atoms with Gasteiger partial charge in [0.1, 0.15) is 5.82 Å². The average molecular weight is 398 g/mol. The van der Waals surface area contributed by atoms with E-state index in [1.165, 1.54) is 7.11 Å². The van der Waals surface area contributed by atoms with Gasteiger partial charge in [-0.1, -0.05) is 6.07 Å². The number of ether oxygens (including phenoxy) is 1. The largest absolute Gasteiger partial charge is 0.494 e. The van der Waals surface area contributed by atoms with Crippen molar-refractivity contribution >= 4 is 11.5 Å². The molecule has 0 aliphatic carbocycles. The van der Waals surface area contributed by atoms with Gasteiger partial charge in [-0.25, -0.2) is 9.18 Å². The Morgan fingerprint density at radius 2 is 2.24 bits per heavy atom. The van der Waals surface area contributed by atoms with E-state index in [0.29, 0.717) is 44.0 Å². The number of halogens is 1. The topological polar surface area (TPSA) is 97.3 Å². The number of methoxy groups -OCH3 is 1. The summed E-state index contributed by atoms with van der Waals surface area (Å²) in [6.45, 7) is 3.07. The molecule has 3 heterocycles. The molecule has 0 saturated carbocycles. The van der Waals surface area contributed by atoms with Crippen molar-refractivity contribution in [2.24, 2.45) is 0 Å². The number of benzene rings is 1. The lowest BCUT2D eigenvalue weighted by Crippen LogP contribution is -2.51. The van der Waals surface area contributed by atoms with Crippen LogP contribution in [-0.4, -0.2) is 49.3 Å². The molecule has 2 N–H and O–H groups in total. The summed E-state index contributed by atoms with van der Waals surface area (Å²) < 4.78 is 19.8. The third-order valence-corrected chi connectivity index (χ3v) is 5.48. The molecular weight excluding hydrogens is 375 g/mol. The first-order valence-electron chi connectivity index (χ1n) is 9.65. The number of H-pyrrole nitrogens is 1. The predicted octanol–water partition coefficient (Wildman–Crippen LogP) is 1.17. The number of piperazine rings is 1. The molecule has 0 bridgehead atoms. The third kappa shape index (κ3) is 3.76. The highest BCUT2D eigenvalue weighted by Gasteiger charge is 2.28.